The molecule has 0 aliphatic carbocycles. The first-order chi connectivity index (χ1) is 7.65. The molecule has 1 atom stereocenters. The third-order valence-corrected chi connectivity index (χ3v) is 1.87. The maximum Gasteiger partial charge on any atom is 0.355 e. The van der Waals surface area contributed by atoms with E-state index in [1.807, 2.05) is 6.07 Å². The lowest BCUT2D eigenvalue weighted by Gasteiger charge is -2.14. The number of ketones is 1. The van der Waals surface area contributed by atoms with Crippen LogP contribution in [0, 0.1) is 0 Å². The Morgan fingerprint density at radius 2 is 1.88 bits per heavy atom. The van der Waals surface area contributed by atoms with Gasteiger partial charge in [0.05, 0.1) is 6.61 Å². The lowest BCUT2D eigenvalue weighted by molar-refractivity contribution is -0.154. The maximum absolute atomic E-state index is 11.4. The molecule has 86 valence electrons. The van der Waals surface area contributed by atoms with Crippen LogP contribution in [0.3, 0.4) is 0 Å². The molecule has 1 rings (SSSR count). The number of hydrogen-bond donors (Lipinski definition) is 0. The molecule has 16 heavy (non-hydrogen) atoms. The van der Waals surface area contributed by atoms with Crippen molar-refractivity contribution in [3.8, 4) is 5.75 Å². The van der Waals surface area contributed by atoms with Crippen LogP contribution in [0.1, 0.15) is 13.8 Å². The number of para-hydroxylation sites is 1. The van der Waals surface area contributed by atoms with Crippen LogP contribution < -0.4 is 4.74 Å². The molecule has 0 N–H and O–H groups in total. The smallest absolute Gasteiger partial charge is 0.355 e. The van der Waals surface area contributed by atoms with Gasteiger partial charge < -0.3 is 9.47 Å². The molecule has 0 amide bonds. The van der Waals surface area contributed by atoms with E-state index in [0.29, 0.717) is 5.75 Å². The van der Waals surface area contributed by atoms with Crippen molar-refractivity contribution in [1.82, 2.24) is 0 Å². The normalized spacial score (nSPS) is 11.6. The zero-order chi connectivity index (χ0) is 12.0. The summed E-state index contributed by atoms with van der Waals surface area (Å²) >= 11 is 0. The van der Waals surface area contributed by atoms with Crippen molar-refractivity contribution < 1.29 is 19.1 Å². The first-order valence-corrected chi connectivity index (χ1v) is 5.04. The molecule has 1 aromatic carbocycles. The Kier molecular flexibility index (Phi) is 4.51. The molecule has 0 aromatic heterocycles. The Balaban J connectivity index is 2.73. The molecule has 1 aromatic rings. The van der Waals surface area contributed by atoms with Gasteiger partial charge in [-0.05, 0) is 26.0 Å². The average Bonchev–Trinajstić information content (AvgIpc) is 2.27. The van der Waals surface area contributed by atoms with Gasteiger partial charge in [-0.25, -0.2) is 4.79 Å². The zero-order valence-corrected chi connectivity index (χ0v) is 9.30. The van der Waals surface area contributed by atoms with Gasteiger partial charge in [0.1, 0.15) is 5.75 Å². The Morgan fingerprint density at radius 1 is 1.25 bits per heavy atom. The maximum atomic E-state index is 11.4. The van der Waals surface area contributed by atoms with Gasteiger partial charge in [0, 0.05) is 0 Å². The minimum absolute atomic E-state index is 0.223. The highest BCUT2D eigenvalue weighted by atomic mass is 16.6. The van der Waals surface area contributed by atoms with Crippen LogP contribution in [-0.4, -0.2) is 24.5 Å². The standard InChI is InChI=1S/C12H14O4/c1-3-15-12(14)11(9(2)13)16-10-7-5-4-6-8-10/h4-8,11H,3H2,1-2H3/t11-/m1/s1. The number of rotatable bonds is 5. The SMILES string of the molecule is CCOC(=O)[C@H](Oc1ccccc1)C(C)=O. The highest BCUT2D eigenvalue weighted by molar-refractivity contribution is 6.01. The quantitative estimate of drug-likeness (QED) is 0.560. The predicted octanol–water partition coefficient (Wildman–Crippen LogP) is 1.59. The lowest BCUT2D eigenvalue weighted by Crippen LogP contribution is -2.35. The topological polar surface area (TPSA) is 52.6 Å². The molecule has 0 fully saturated rings. The van der Waals surface area contributed by atoms with E-state index in [1.54, 1.807) is 31.2 Å². The number of hydrogen-bond acceptors (Lipinski definition) is 4. The Morgan fingerprint density at radius 3 is 2.38 bits per heavy atom. The summed E-state index contributed by atoms with van der Waals surface area (Å²) in [5.41, 5.74) is 0. The first-order valence-electron chi connectivity index (χ1n) is 5.04. The van der Waals surface area contributed by atoms with Gasteiger partial charge >= 0.3 is 5.97 Å². The number of carbonyl (C=O) groups is 2. The Hall–Kier alpha value is -1.84. The van der Waals surface area contributed by atoms with E-state index in [0.717, 1.165) is 0 Å². The summed E-state index contributed by atoms with van der Waals surface area (Å²) in [5, 5.41) is 0. The van der Waals surface area contributed by atoms with E-state index in [9.17, 15) is 9.59 Å². The van der Waals surface area contributed by atoms with Crippen LogP contribution >= 0.6 is 0 Å². The van der Waals surface area contributed by atoms with Crippen molar-refractivity contribution in [3.63, 3.8) is 0 Å². The molecule has 0 unspecified atom stereocenters. The van der Waals surface area contributed by atoms with E-state index in [1.165, 1.54) is 6.92 Å². The number of carbonyl (C=O) groups excluding carboxylic acids is 2. The summed E-state index contributed by atoms with van der Waals surface area (Å²) in [6.07, 6.45) is -1.18. The summed E-state index contributed by atoms with van der Waals surface area (Å²) in [4.78, 5) is 22.7. The van der Waals surface area contributed by atoms with Crippen LogP contribution in [0.5, 0.6) is 5.75 Å². The van der Waals surface area contributed by atoms with E-state index in [-0.39, 0.29) is 12.4 Å². The van der Waals surface area contributed by atoms with Gasteiger partial charge in [0.25, 0.3) is 6.10 Å². The monoisotopic (exact) mass is 222 g/mol. The molecule has 0 saturated heterocycles. The van der Waals surface area contributed by atoms with Crippen LogP contribution in [0.2, 0.25) is 0 Å². The van der Waals surface area contributed by atoms with Crippen LogP contribution in [-0.2, 0) is 14.3 Å². The van der Waals surface area contributed by atoms with E-state index < -0.39 is 12.1 Å². The van der Waals surface area contributed by atoms with Crippen molar-refractivity contribution in [3.05, 3.63) is 30.3 Å². The Bertz CT molecular complexity index is 359. The number of benzene rings is 1. The third-order valence-electron chi connectivity index (χ3n) is 1.87. The minimum atomic E-state index is -1.18. The van der Waals surface area contributed by atoms with Crippen LogP contribution in [0.4, 0.5) is 0 Å². The molecule has 0 aliphatic rings. The number of Topliss-reactive ketones (excluding diaryl/α,β-unsaturated/α-hetero) is 1. The number of ether oxygens (including phenoxy) is 2. The van der Waals surface area contributed by atoms with Gasteiger partial charge in [0.2, 0.25) is 0 Å². The third kappa shape index (κ3) is 3.38. The zero-order valence-electron chi connectivity index (χ0n) is 9.30. The second-order valence-electron chi connectivity index (χ2n) is 3.17. The highest BCUT2D eigenvalue weighted by Crippen LogP contribution is 2.12. The fourth-order valence-corrected chi connectivity index (χ4v) is 1.15. The summed E-state index contributed by atoms with van der Waals surface area (Å²) < 4.78 is 10.0. The van der Waals surface area contributed by atoms with Gasteiger partial charge in [-0.3, -0.25) is 4.79 Å². The fraction of sp³-hybridized carbons (Fsp3) is 0.333. The predicted molar refractivity (Wildman–Crippen MR) is 58.2 cm³/mol. The summed E-state index contributed by atoms with van der Waals surface area (Å²) in [7, 11) is 0. The van der Waals surface area contributed by atoms with Crippen LogP contribution in [0.15, 0.2) is 30.3 Å². The fourth-order valence-electron chi connectivity index (χ4n) is 1.15. The van der Waals surface area contributed by atoms with E-state index >= 15 is 0 Å². The molecule has 4 nitrogen and oxygen atoms in total. The molecular formula is C12H14O4. The van der Waals surface area contributed by atoms with Crippen molar-refractivity contribution in [2.24, 2.45) is 0 Å². The molecule has 0 aliphatic heterocycles. The van der Waals surface area contributed by atoms with Crippen molar-refractivity contribution >= 4 is 11.8 Å². The van der Waals surface area contributed by atoms with Crippen molar-refractivity contribution in [2.45, 2.75) is 20.0 Å². The molecule has 0 radical (unpaired) electrons. The number of esters is 1. The van der Waals surface area contributed by atoms with E-state index in [2.05, 4.69) is 0 Å². The first kappa shape index (κ1) is 12.2. The average molecular weight is 222 g/mol. The second-order valence-corrected chi connectivity index (χ2v) is 3.17. The van der Waals surface area contributed by atoms with Crippen LogP contribution in [0.25, 0.3) is 0 Å². The minimum Gasteiger partial charge on any atom is -0.471 e. The summed E-state index contributed by atoms with van der Waals surface area (Å²) in [5.74, 6) is -0.558. The molecular weight excluding hydrogens is 208 g/mol. The van der Waals surface area contributed by atoms with Gasteiger partial charge in [-0.1, -0.05) is 18.2 Å². The molecule has 4 heteroatoms. The van der Waals surface area contributed by atoms with Gasteiger partial charge in [0.15, 0.2) is 5.78 Å². The highest BCUT2D eigenvalue weighted by Gasteiger charge is 2.26. The van der Waals surface area contributed by atoms with E-state index in [4.69, 9.17) is 9.47 Å². The van der Waals surface area contributed by atoms with Gasteiger partial charge in [-0.15, -0.1) is 0 Å². The molecule has 0 saturated carbocycles. The summed E-state index contributed by atoms with van der Waals surface area (Å²) in [6, 6.07) is 8.69. The summed E-state index contributed by atoms with van der Waals surface area (Å²) in [6.45, 7) is 3.20. The van der Waals surface area contributed by atoms with Crippen molar-refractivity contribution in [2.75, 3.05) is 6.61 Å². The largest absolute Gasteiger partial charge is 0.471 e. The Labute approximate surface area is 94.2 Å². The van der Waals surface area contributed by atoms with Gasteiger partial charge in [-0.2, -0.15) is 0 Å². The molecule has 0 heterocycles. The molecule has 0 bridgehead atoms. The van der Waals surface area contributed by atoms with Crippen molar-refractivity contribution in [1.29, 1.82) is 0 Å². The second kappa shape index (κ2) is 5.90. The lowest BCUT2D eigenvalue weighted by atomic mass is 10.2. The molecule has 0 spiro atoms.